The smallest absolute Gasteiger partial charge is 0.433 e. The molecular formula is C30H39ClN8O3. The minimum absolute atomic E-state index is 0.0536. The van der Waals surface area contributed by atoms with Crippen LogP contribution in [0.25, 0.3) is 11.2 Å². The summed E-state index contributed by atoms with van der Waals surface area (Å²) in [5.74, 6) is 2.45. The van der Waals surface area contributed by atoms with Crippen molar-refractivity contribution in [2.45, 2.75) is 76.9 Å². The van der Waals surface area contributed by atoms with Crippen LogP contribution in [-0.2, 0) is 4.74 Å². The molecule has 0 bridgehead atoms. The highest BCUT2D eigenvalue weighted by molar-refractivity contribution is 6.30. The predicted molar refractivity (Wildman–Crippen MR) is 164 cm³/mol. The summed E-state index contributed by atoms with van der Waals surface area (Å²) >= 11 is 6.22. The molecule has 2 aromatic heterocycles. The molecule has 1 saturated heterocycles. The first-order chi connectivity index (χ1) is 20.3. The van der Waals surface area contributed by atoms with Crippen LogP contribution in [0.2, 0.25) is 5.02 Å². The second kappa shape index (κ2) is 12.0. The molecule has 42 heavy (non-hydrogen) atoms. The van der Waals surface area contributed by atoms with Crippen molar-refractivity contribution in [1.82, 2.24) is 19.5 Å². The molecule has 2 atom stereocenters. The summed E-state index contributed by atoms with van der Waals surface area (Å²) in [6.45, 7) is 6.24. The van der Waals surface area contributed by atoms with Gasteiger partial charge in [-0.25, -0.2) is 14.8 Å². The van der Waals surface area contributed by atoms with Crippen LogP contribution in [0, 0.1) is 11.8 Å². The average molecular weight is 595 g/mol. The fraction of sp³-hybridized carbons (Fsp3) is 0.567. The Labute approximate surface area is 250 Å². The Kier molecular flexibility index (Phi) is 8.22. The third-order valence-corrected chi connectivity index (χ3v) is 9.44. The van der Waals surface area contributed by atoms with Crippen LogP contribution in [0.1, 0.15) is 82.3 Å². The highest BCUT2D eigenvalue weighted by Crippen LogP contribution is 2.42. The minimum atomic E-state index is -1.39. The Morgan fingerprint density at radius 1 is 1.14 bits per heavy atom. The van der Waals surface area contributed by atoms with Crippen molar-refractivity contribution in [1.29, 1.82) is 0 Å². The number of hydrogen-bond donors (Lipinski definition) is 3. The zero-order chi connectivity index (χ0) is 29.4. The van der Waals surface area contributed by atoms with E-state index in [0.717, 1.165) is 42.7 Å². The van der Waals surface area contributed by atoms with Crippen LogP contribution < -0.4 is 16.0 Å². The number of nitrogens with zero attached hydrogens (tertiary/aromatic N) is 6. The summed E-state index contributed by atoms with van der Waals surface area (Å²) in [6.07, 6.45) is 6.48. The first-order valence-electron chi connectivity index (χ1n) is 15.0. The number of aliphatic imine (C=N–C) groups is 1. The number of amidine groups is 1. The van der Waals surface area contributed by atoms with E-state index < -0.39 is 6.09 Å². The molecule has 224 valence electrons. The quantitative estimate of drug-likeness (QED) is 0.228. The van der Waals surface area contributed by atoms with Gasteiger partial charge in [0, 0.05) is 23.7 Å². The first kappa shape index (κ1) is 28.7. The van der Waals surface area contributed by atoms with Gasteiger partial charge in [-0.05, 0) is 75.0 Å². The van der Waals surface area contributed by atoms with Gasteiger partial charge in [0.15, 0.2) is 23.1 Å². The zero-order valence-electron chi connectivity index (χ0n) is 24.2. The second-order valence-corrected chi connectivity index (χ2v) is 12.4. The van der Waals surface area contributed by atoms with E-state index in [1.165, 1.54) is 19.3 Å². The van der Waals surface area contributed by atoms with Crippen LogP contribution in [0.4, 0.5) is 16.6 Å². The molecule has 2 saturated carbocycles. The Bertz CT molecular complexity index is 1460. The maximum absolute atomic E-state index is 11.3. The number of aromatic nitrogens is 4. The van der Waals surface area contributed by atoms with Gasteiger partial charge >= 0.3 is 6.09 Å². The number of carbonyl (C=O) groups is 1. The number of fused-ring (bicyclic) bond motifs is 1. The molecule has 1 aliphatic heterocycles. The molecule has 12 heteroatoms. The lowest BCUT2D eigenvalue weighted by molar-refractivity contribution is 0.0925. The van der Waals surface area contributed by atoms with Gasteiger partial charge < -0.3 is 30.4 Å². The van der Waals surface area contributed by atoms with E-state index >= 15 is 0 Å². The Morgan fingerprint density at radius 2 is 1.88 bits per heavy atom. The lowest BCUT2D eigenvalue weighted by atomic mass is 9.80. The van der Waals surface area contributed by atoms with Crippen molar-refractivity contribution < 1.29 is 14.6 Å². The third kappa shape index (κ3) is 5.76. The van der Waals surface area contributed by atoms with Crippen LogP contribution in [0.5, 0.6) is 0 Å². The van der Waals surface area contributed by atoms with E-state index in [-0.39, 0.29) is 29.8 Å². The molecule has 1 amide bonds. The highest BCUT2D eigenvalue weighted by Gasteiger charge is 2.35. The number of anilines is 2. The molecule has 0 spiro atoms. The summed E-state index contributed by atoms with van der Waals surface area (Å²) < 4.78 is 8.29. The van der Waals surface area contributed by atoms with E-state index in [2.05, 4.69) is 33.6 Å². The summed E-state index contributed by atoms with van der Waals surface area (Å²) in [5, 5.41) is 13.6. The number of morpholine rings is 1. The van der Waals surface area contributed by atoms with E-state index in [1.54, 1.807) is 0 Å². The van der Waals surface area contributed by atoms with Gasteiger partial charge in [-0.2, -0.15) is 9.98 Å². The first-order valence-corrected chi connectivity index (χ1v) is 15.4. The predicted octanol–water partition coefficient (Wildman–Crippen LogP) is 5.79. The SMILES string of the molecule is CC1CCC(n2c(N3CCOCC3c3ccc(Cl)cc3)nc3nc(C(N)=NC(=O)O)nc(NC(C)C4CCC4)c32)CC1. The number of imidazole rings is 1. The Morgan fingerprint density at radius 3 is 2.55 bits per heavy atom. The number of benzene rings is 1. The van der Waals surface area contributed by atoms with Gasteiger partial charge in [0.25, 0.3) is 0 Å². The summed E-state index contributed by atoms with van der Waals surface area (Å²) in [7, 11) is 0. The van der Waals surface area contributed by atoms with Crippen molar-refractivity contribution in [3.63, 3.8) is 0 Å². The van der Waals surface area contributed by atoms with Gasteiger partial charge in [-0.1, -0.05) is 37.1 Å². The highest BCUT2D eigenvalue weighted by atomic mass is 35.5. The fourth-order valence-electron chi connectivity index (χ4n) is 6.49. The lowest BCUT2D eigenvalue weighted by Crippen LogP contribution is -2.41. The molecule has 1 aromatic carbocycles. The van der Waals surface area contributed by atoms with Crippen LogP contribution in [0.15, 0.2) is 29.3 Å². The van der Waals surface area contributed by atoms with E-state index in [4.69, 9.17) is 37.0 Å². The second-order valence-electron chi connectivity index (χ2n) is 12.0. The van der Waals surface area contributed by atoms with Crippen LogP contribution >= 0.6 is 11.6 Å². The molecule has 6 rings (SSSR count). The number of carboxylic acid groups (broad SMARTS) is 1. The monoisotopic (exact) mass is 594 g/mol. The Hall–Kier alpha value is -3.44. The summed E-state index contributed by atoms with van der Waals surface area (Å²) in [6, 6.07) is 8.21. The maximum atomic E-state index is 11.3. The molecule has 4 N–H and O–H groups in total. The van der Waals surface area contributed by atoms with Crippen molar-refractivity contribution in [2.75, 3.05) is 30.0 Å². The number of rotatable bonds is 7. The molecule has 2 unspecified atom stereocenters. The molecule has 11 nitrogen and oxygen atoms in total. The lowest BCUT2D eigenvalue weighted by Gasteiger charge is -2.39. The van der Waals surface area contributed by atoms with Gasteiger partial charge in [-0.3, -0.25) is 0 Å². The van der Waals surface area contributed by atoms with Crippen molar-refractivity contribution in [2.24, 2.45) is 22.6 Å². The number of ether oxygens (including phenoxy) is 1. The Balaban J connectivity index is 1.53. The molecule has 2 aliphatic carbocycles. The standard InChI is InChI=1S/C30H39ClN8O3/c1-17-6-12-22(13-7-17)39-24-26(33-18(2)19-4-3-5-19)35-28(25(32)34-30(40)41)36-27(24)37-29(39)38-14-15-42-16-23(38)20-8-10-21(31)11-9-20/h8-11,17-19,22-23H,3-7,12-16H2,1-2H3,(H2,32,34)(H,40,41)(H,33,35,36). The maximum Gasteiger partial charge on any atom is 0.433 e. The van der Waals surface area contributed by atoms with E-state index in [1.807, 2.05) is 24.3 Å². The molecule has 3 heterocycles. The number of nitrogens with one attached hydrogen (secondary N) is 1. The number of amides is 1. The molecule has 3 aliphatic rings. The number of nitrogens with two attached hydrogens (primary N) is 1. The molecule has 3 fully saturated rings. The van der Waals surface area contributed by atoms with E-state index in [0.29, 0.717) is 48.1 Å². The number of hydrogen-bond acceptors (Lipinski definition) is 7. The zero-order valence-corrected chi connectivity index (χ0v) is 24.9. The van der Waals surface area contributed by atoms with Crippen LogP contribution in [0.3, 0.4) is 0 Å². The minimum Gasteiger partial charge on any atom is -0.463 e. The van der Waals surface area contributed by atoms with Gasteiger partial charge in [0.1, 0.15) is 5.52 Å². The van der Waals surface area contributed by atoms with Crippen molar-refractivity contribution >= 4 is 46.5 Å². The molecule has 3 aromatic rings. The summed E-state index contributed by atoms with van der Waals surface area (Å²) in [4.78, 5) is 31.8. The van der Waals surface area contributed by atoms with Gasteiger partial charge in [0.05, 0.1) is 19.3 Å². The molecule has 0 radical (unpaired) electrons. The molecular weight excluding hydrogens is 556 g/mol. The fourth-order valence-corrected chi connectivity index (χ4v) is 6.61. The number of halogens is 1. The average Bonchev–Trinajstić information content (AvgIpc) is 3.32. The van der Waals surface area contributed by atoms with Crippen molar-refractivity contribution in [3.8, 4) is 0 Å². The van der Waals surface area contributed by atoms with Gasteiger partial charge in [-0.15, -0.1) is 0 Å². The third-order valence-electron chi connectivity index (χ3n) is 9.19. The summed E-state index contributed by atoms with van der Waals surface area (Å²) in [5.41, 5.74) is 8.47. The largest absolute Gasteiger partial charge is 0.463 e. The topological polar surface area (TPSA) is 144 Å². The van der Waals surface area contributed by atoms with Crippen LogP contribution in [-0.4, -0.2) is 62.4 Å². The van der Waals surface area contributed by atoms with Gasteiger partial charge in [0.2, 0.25) is 5.95 Å². The normalized spacial score (nSPS) is 24.4. The van der Waals surface area contributed by atoms with E-state index in [9.17, 15) is 9.90 Å². The van der Waals surface area contributed by atoms with Crippen molar-refractivity contribution in [3.05, 3.63) is 40.7 Å².